The van der Waals surface area contributed by atoms with Crippen LogP contribution in [0.4, 0.5) is 5.13 Å². The Kier molecular flexibility index (Phi) is 5.68. The zero-order valence-corrected chi connectivity index (χ0v) is 15.9. The minimum absolute atomic E-state index is 0.0599. The highest BCUT2D eigenvalue weighted by molar-refractivity contribution is 7.22. The van der Waals surface area contributed by atoms with Gasteiger partial charge >= 0.3 is 0 Å². The van der Waals surface area contributed by atoms with Crippen molar-refractivity contribution in [1.29, 1.82) is 0 Å². The molecule has 130 valence electrons. The third-order valence-electron chi connectivity index (χ3n) is 3.89. The van der Waals surface area contributed by atoms with Crippen molar-refractivity contribution >= 4 is 44.2 Å². The summed E-state index contributed by atoms with van der Waals surface area (Å²) in [6.07, 6.45) is 0.907. The predicted octanol–water partition coefficient (Wildman–Crippen LogP) is 3.13. The molecule has 0 aliphatic carbocycles. The molecule has 0 aliphatic rings. The van der Waals surface area contributed by atoms with Gasteiger partial charge in [-0.25, -0.2) is 4.98 Å². The van der Waals surface area contributed by atoms with Crippen molar-refractivity contribution in [3.63, 3.8) is 0 Å². The van der Waals surface area contributed by atoms with Crippen LogP contribution in [0.1, 0.15) is 16.8 Å². The standard InChI is InChI=1S/C19H20ClN3OS/c1-22(2)11-6-12-23(18(24)14-7-5-8-15(20)13-14)19-21-16-9-3-4-10-17(16)25-19/h3-5,7-10,13H,6,11-12H2,1-2H3/p+1. The highest BCUT2D eigenvalue weighted by Gasteiger charge is 2.21. The van der Waals surface area contributed by atoms with Crippen molar-refractivity contribution in [2.24, 2.45) is 0 Å². The number of para-hydroxylation sites is 1. The molecule has 1 aromatic heterocycles. The van der Waals surface area contributed by atoms with Gasteiger partial charge in [0.25, 0.3) is 5.91 Å². The van der Waals surface area contributed by atoms with Gasteiger partial charge < -0.3 is 4.90 Å². The Balaban J connectivity index is 1.92. The predicted molar refractivity (Wildman–Crippen MR) is 105 cm³/mol. The monoisotopic (exact) mass is 374 g/mol. The summed E-state index contributed by atoms with van der Waals surface area (Å²) in [5.41, 5.74) is 1.51. The number of aromatic nitrogens is 1. The van der Waals surface area contributed by atoms with Crippen LogP contribution in [0.5, 0.6) is 0 Å². The van der Waals surface area contributed by atoms with Crippen molar-refractivity contribution in [2.75, 3.05) is 32.1 Å². The van der Waals surface area contributed by atoms with Gasteiger partial charge in [0.05, 0.1) is 30.9 Å². The van der Waals surface area contributed by atoms with Crippen LogP contribution < -0.4 is 9.80 Å². The number of nitrogens with one attached hydrogen (secondary N) is 1. The molecule has 6 heteroatoms. The van der Waals surface area contributed by atoms with Gasteiger partial charge in [0, 0.05) is 23.6 Å². The normalized spacial score (nSPS) is 11.2. The van der Waals surface area contributed by atoms with Crippen molar-refractivity contribution in [3.05, 3.63) is 59.1 Å². The first-order chi connectivity index (χ1) is 12.0. The summed E-state index contributed by atoms with van der Waals surface area (Å²) in [6.45, 7) is 1.63. The molecule has 0 saturated heterocycles. The van der Waals surface area contributed by atoms with E-state index in [1.165, 1.54) is 4.90 Å². The van der Waals surface area contributed by atoms with Crippen LogP contribution in [-0.2, 0) is 0 Å². The van der Waals surface area contributed by atoms with E-state index in [0.29, 0.717) is 17.1 Å². The summed E-state index contributed by atoms with van der Waals surface area (Å²) < 4.78 is 1.08. The lowest BCUT2D eigenvalue weighted by Gasteiger charge is -2.20. The van der Waals surface area contributed by atoms with Crippen LogP contribution in [0.15, 0.2) is 48.5 Å². The fourth-order valence-corrected chi connectivity index (χ4v) is 3.81. The Morgan fingerprint density at radius 2 is 2.00 bits per heavy atom. The molecular formula is C19H21ClN3OS+. The summed E-state index contributed by atoms with van der Waals surface area (Å²) in [5, 5.41) is 1.30. The maximum atomic E-state index is 13.1. The summed E-state index contributed by atoms with van der Waals surface area (Å²) >= 11 is 7.61. The number of hydrogen-bond acceptors (Lipinski definition) is 3. The molecular weight excluding hydrogens is 354 g/mol. The lowest BCUT2D eigenvalue weighted by atomic mass is 10.2. The van der Waals surface area contributed by atoms with Crippen LogP contribution in [-0.4, -0.2) is 38.1 Å². The number of thiazole rings is 1. The number of carbonyl (C=O) groups is 1. The van der Waals surface area contributed by atoms with Gasteiger partial charge in [0.1, 0.15) is 0 Å². The Morgan fingerprint density at radius 3 is 2.72 bits per heavy atom. The lowest BCUT2D eigenvalue weighted by Crippen LogP contribution is -3.05. The molecule has 4 nitrogen and oxygen atoms in total. The third-order valence-corrected chi connectivity index (χ3v) is 5.18. The number of fused-ring (bicyclic) bond motifs is 1. The van der Waals surface area contributed by atoms with Crippen molar-refractivity contribution in [2.45, 2.75) is 6.42 Å². The number of carbonyl (C=O) groups excluding carboxylic acids is 1. The van der Waals surface area contributed by atoms with Gasteiger partial charge in [0.2, 0.25) is 0 Å². The molecule has 0 bridgehead atoms. The number of quaternary nitrogens is 1. The molecule has 25 heavy (non-hydrogen) atoms. The van der Waals surface area contributed by atoms with Gasteiger partial charge in [-0.05, 0) is 30.3 Å². The van der Waals surface area contributed by atoms with Crippen molar-refractivity contribution < 1.29 is 9.69 Å². The van der Waals surface area contributed by atoms with Gasteiger partial charge in [-0.15, -0.1) is 0 Å². The van der Waals surface area contributed by atoms with E-state index in [-0.39, 0.29) is 5.91 Å². The largest absolute Gasteiger partial charge is 0.340 e. The number of nitrogens with zero attached hydrogens (tertiary/aromatic N) is 2. The average molecular weight is 375 g/mol. The van der Waals surface area contributed by atoms with E-state index >= 15 is 0 Å². The lowest BCUT2D eigenvalue weighted by molar-refractivity contribution is -0.858. The number of anilines is 1. The second-order valence-electron chi connectivity index (χ2n) is 6.24. The van der Waals surface area contributed by atoms with E-state index in [4.69, 9.17) is 11.6 Å². The minimum atomic E-state index is -0.0599. The molecule has 0 fully saturated rings. The van der Waals surface area contributed by atoms with Gasteiger partial charge in [-0.2, -0.15) is 0 Å². The van der Waals surface area contributed by atoms with Gasteiger partial charge in [0.15, 0.2) is 5.13 Å². The number of halogens is 1. The fourth-order valence-electron chi connectivity index (χ4n) is 2.63. The summed E-state index contributed by atoms with van der Waals surface area (Å²) in [5.74, 6) is -0.0599. The van der Waals surface area contributed by atoms with E-state index in [1.807, 2.05) is 24.3 Å². The highest BCUT2D eigenvalue weighted by Crippen LogP contribution is 2.29. The Hall–Kier alpha value is -1.95. The number of amides is 1. The molecule has 0 spiro atoms. The second-order valence-corrected chi connectivity index (χ2v) is 7.69. The van der Waals surface area contributed by atoms with E-state index in [2.05, 4.69) is 19.1 Å². The molecule has 0 atom stereocenters. The number of benzene rings is 2. The summed E-state index contributed by atoms with van der Waals surface area (Å²) in [6, 6.07) is 15.0. The van der Waals surface area contributed by atoms with E-state index < -0.39 is 0 Å². The average Bonchev–Trinajstić information content (AvgIpc) is 3.01. The highest BCUT2D eigenvalue weighted by atomic mass is 35.5. The smallest absolute Gasteiger partial charge is 0.260 e. The third kappa shape index (κ3) is 4.37. The van der Waals surface area contributed by atoms with Gasteiger partial charge in [-0.1, -0.05) is 41.1 Å². The summed E-state index contributed by atoms with van der Waals surface area (Å²) in [7, 11) is 4.22. The minimum Gasteiger partial charge on any atom is -0.340 e. The van der Waals surface area contributed by atoms with Gasteiger partial charge in [-0.3, -0.25) is 9.69 Å². The van der Waals surface area contributed by atoms with Crippen molar-refractivity contribution in [1.82, 2.24) is 4.98 Å². The molecule has 2 aromatic carbocycles. The molecule has 1 amide bonds. The van der Waals surface area contributed by atoms with Crippen LogP contribution in [0.3, 0.4) is 0 Å². The van der Waals surface area contributed by atoms with Crippen LogP contribution in [0, 0.1) is 0 Å². The first kappa shape index (κ1) is 17.9. The first-order valence-corrected chi connectivity index (χ1v) is 9.46. The van der Waals surface area contributed by atoms with Crippen LogP contribution in [0.2, 0.25) is 5.02 Å². The molecule has 0 aliphatic heterocycles. The number of rotatable bonds is 6. The van der Waals surface area contributed by atoms with Crippen LogP contribution >= 0.6 is 22.9 Å². The maximum absolute atomic E-state index is 13.1. The van der Waals surface area contributed by atoms with E-state index in [9.17, 15) is 4.79 Å². The maximum Gasteiger partial charge on any atom is 0.260 e. The molecule has 0 saturated carbocycles. The second kappa shape index (κ2) is 7.95. The molecule has 1 N–H and O–H groups in total. The first-order valence-electron chi connectivity index (χ1n) is 8.26. The topological polar surface area (TPSA) is 37.6 Å². The molecule has 0 unspecified atom stereocenters. The summed E-state index contributed by atoms with van der Waals surface area (Å²) in [4.78, 5) is 20.9. The Labute approximate surface area is 156 Å². The molecule has 0 radical (unpaired) electrons. The Bertz CT molecular complexity index is 845. The fraction of sp³-hybridized carbons (Fsp3) is 0.263. The molecule has 3 rings (SSSR count). The quantitative estimate of drug-likeness (QED) is 0.719. The van der Waals surface area contributed by atoms with E-state index in [0.717, 1.165) is 28.3 Å². The Morgan fingerprint density at radius 1 is 1.20 bits per heavy atom. The van der Waals surface area contributed by atoms with Crippen LogP contribution in [0.25, 0.3) is 10.2 Å². The zero-order chi connectivity index (χ0) is 17.8. The molecule has 1 heterocycles. The zero-order valence-electron chi connectivity index (χ0n) is 14.3. The molecule has 3 aromatic rings. The van der Waals surface area contributed by atoms with E-state index in [1.54, 1.807) is 40.5 Å². The van der Waals surface area contributed by atoms with Crippen molar-refractivity contribution in [3.8, 4) is 0 Å². The SMILES string of the molecule is C[NH+](C)CCCN(C(=O)c1cccc(Cl)c1)c1nc2ccccc2s1. The number of hydrogen-bond donors (Lipinski definition) is 1.